The zero-order chi connectivity index (χ0) is 11.3. The van der Waals surface area contributed by atoms with Gasteiger partial charge in [0.25, 0.3) is 0 Å². The van der Waals surface area contributed by atoms with Gasteiger partial charge < -0.3 is 9.84 Å². The van der Waals surface area contributed by atoms with Crippen LogP contribution in [0.2, 0.25) is 0 Å². The zero-order valence-electron chi connectivity index (χ0n) is 10.3. The third-order valence-electron chi connectivity index (χ3n) is 2.83. The van der Waals surface area contributed by atoms with Crippen LogP contribution in [0.1, 0.15) is 40.0 Å². The molecule has 0 aromatic heterocycles. The summed E-state index contributed by atoms with van der Waals surface area (Å²) in [6, 6.07) is 0. The van der Waals surface area contributed by atoms with Crippen molar-refractivity contribution in [3.8, 4) is 0 Å². The van der Waals surface area contributed by atoms with Crippen LogP contribution in [0, 0.1) is 0 Å². The Balaban J connectivity index is 2.36. The third-order valence-corrected chi connectivity index (χ3v) is 2.83. The summed E-state index contributed by atoms with van der Waals surface area (Å²) in [6.07, 6.45) is 3.80. The van der Waals surface area contributed by atoms with Crippen molar-refractivity contribution in [1.82, 2.24) is 4.90 Å². The molecule has 1 heterocycles. The summed E-state index contributed by atoms with van der Waals surface area (Å²) in [4.78, 5) is 2.42. The molecular weight excluding hydrogens is 190 g/mol. The number of nitrogens with zero attached hydrogens (tertiary/aromatic N) is 1. The SMILES string of the molecule is CCCCCN1CC(CO)OC(C)(C)C1. The van der Waals surface area contributed by atoms with Crippen molar-refractivity contribution in [1.29, 1.82) is 0 Å². The predicted octanol–water partition coefficient (Wildman–Crippen LogP) is 1.65. The molecule has 0 aromatic rings. The predicted molar refractivity (Wildman–Crippen MR) is 62.0 cm³/mol. The van der Waals surface area contributed by atoms with Crippen LogP contribution in [0.3, 0.4) is 0 Å². The van der Waals surface area contributed by atoms with E-state index in [-0.39, 0.29) is 18.3 Å². The van der Waals surface area contributed by atoms with Gasteiger partial charge in [-0.25, -0.2) is 0 Å². The maximum Gasteiger partial charge on any atom is 0.0940 e. The lowest BCUT2D eigenvalue weighted by molar-refractivity contribution is -0.148. The van der Waals surface area contributed by atoms with E-state index < -0.39 is 0 Å². The van der Waals surface area contributed by atoms with Crippen molar-refractivity contribution in [2.45, 2.75) is 51.7 Å². The van der Waals surface area contributed by atoms with Crippen molar-refractivity contribution in [2.24, 2.45) is 0 Å². The van der Waals surface area contributed by atoms with Crippen molar-refractivity contribution in [2.75, 3.05) is 26.2 Å². The Bertz CT molecular complexity index is 182. The fourth-order valence-electron chi connectivity index (χ4n) is 2.27. The van der Waals surface area contributed by atoms with E-state index in [1.807, 2.05) is 0 Å². The fourth-order valence-corrected chi connectivity index (χ4v) is 2.27. The molecule has 1 N–H and O–H groups in total. The van der Waals surface area contributed by atoms with E-state index >= 15 is 0 Å². The Kier molecular flexibility index (Phi) is 5.03. The molecule has 3 nitrogen and oxygen atoms in total. The van der Waals surface area contributed by atoms with Crippen LogP contribution >= 0.6 is 0 Å². The molecule has 0 aliphatic carbocycles. The molecule has 0 bridgehead atoms. The second-order valence-electron chi connectivity index (χ2n) is 5.12. The van der Waals surface area contributed by atoms with Crippen molar-refractivity contribution in [3.05, 3.63) is 0 Å². The largest absolute Gasteiger partial charge is 0.394 e. The van der Waals surface area contributed by atoms with Crippen molar-refractivity contribution < 1.29 is 9.84 Å². The lowest BCUT2D eigenvalue weighted by Gasteiger charge is -2.42. The lowest BCUT2D eigenvalue weighted by Crippen LogP contribution is -2.53. The minimum Gasteiger partial charge on any atom is -0.394 e. The second kappa shape index (κ2) is 5.83. The molecule has 15 heavy (non-hydrogen) atoms. The summed E-state index contributed by atoms with van der Waals surface area (Å²) in [5, 5.41) is 9.16. The number of hydrogen-bond donors (Lipinski definition) is 1. The van der Waals surface area contributed by atoms with Gasteiger partial charge >= 0.3 is 0 Å². The van der Waals surface area contributed by atoms with E-state index in [9.17, 15) is 0 Å². The number of morpholine rings is 1. The Hall–Kier alpha value is -0.120. The normalized spacial score (nSPS) is 26.8. The van der Waals surface area contributed by atoms with Crippen LogP contribution in [0.5, 0.6) is 0 Å². The minimum absolute atomic E-state index is 0.00428. The van der Waals surface area contributed by atoms with Crippen LogP contribution in [-0.4, -0.2) is 48.0 Å². The number of ether oxygens (including phenoxy) is 1. The maximum absolute atomic E-state index is 9.16. The van der Waals surface area contributed by atoms with E-state index in [1.54, 1.807) is 0 Å². The summed E-state index contributed by atoms with van der Waals surface area (Å²) in [6.45, 7) is 9.55. The Labute approximate surface area is 93.4 Å². The Morgan fingerprint density at radius 1 is 1.40 bits per heavy atom. The van der Waals surface area contributed by atoms with Crippen LogP contribution < -0.4 is 0 Å². The summed E-state index contributed by atoms with van der Waals surface area (Å²) in [5.74, 6) is 0. The molecule has 0 saturated carbocycles. The molecule has 0 radical (unpaired) electrons. The summed E-state index contributed by atoms with van der Waals surface area (Å²) in [7, 11) is 0. The van der Waals surface area contributed by atoms with E-state index in [2.05, 4.69) is 25.7 Å². The first-order valence-corrected chi connectivity index (χ1v) is 6.08. The fraction of sp³-hybridized carbons (Fsp3) is 1.00. The quantitative estimate of drug-likeness (QED) is 0.708. The highest BCUT2D eigenvalue weighted by molar-refractivity contribution is 4.83. The van der Waals surface area contributed by atoms with Gasteiger partial charge in [0.05, 0.1) is 18.3 Å². The molecule has 1 aliphatic heterocycles. The van der Waals surface area contributed by atoms with E-state index in [0.29, 0.717) is 0 Å². The highest BCUT2D eigenvalue weighted by atomic mass is 16.5. The van der Waals surface area contributed by atoms with E-state index in [1.165, 1.54) is 19.3 Å². The Morgan fingerprint density at radius 3 is 2.73 bits per heavy atom. The first-order valence-electron chi connectivity index (χ1n) is 6.08. The molecule has 1 saturated heterocycles. The number of aliphatic hydroxyl groups is 1. The lowest BCUT2D eigenvalue weighted by atomic mass is 10.0. The molecule has 90 valence electrons. The van der Waals surface area contributed by atoms with Crippen LogP contribution in [-0.2, 0) is 4.74 Å². The van der Waals surface area contributed by atoms with Gasteiger partial charge in [-0.1, -0.05) is 19.8 Å². The van der Waals surface area contributed by atoms with Gasteiger partial charge in [-0.15, -0.1) is 0 Å². The number of rotatable bonds is 5. The van der Waals surface area contributed by atoms with Gasteiger partial charge in [-0.2, -0.15) is 0 Å². The molecule has 3 heteroatoms. The Morgan fingerprint density at radius 2 is 2.13 bits per heavy atom. The smallest absolute Gasteiger partial charge is 0.0940 e. The van der Waals surface area contributed by atoms with Gasteiger partial charge in [-0.3, -0.25) is 4.90 Å². The van der Waals surface area contributed by atoms with E-state index in [4.69, 9.17) is 9.84 Å². The first-order chi connectivity index (χ1) is 7.07. The van der Waals surface area contributed by atoms with Crippen LogP contribution in [0.25, 0.3) is 0 Å². The molecule has 0 amide bonds. The number of hydrogen-bond acceptors (Lipinski definition) is 3. The van der Waals surface area contributed by atoms with Crippen molar-refractivity contribution in [3.63, 3.8) is 0 Å². The summed E-state index contributed by atoms with van der Waals surface area (Å²) >= 11 is 0. The third kappa shape index (κ3) is 4.49. The van der Waals surface area contributed by atoms with Crippen LogP contribution in [0.4, 0.5) is 0 Å². The zero-order valence-corrected chi connectivity index (χ0v) is 10.3. The van der Waals surface area contributed by atoms with Gasteiger partial charge in [0, 0.05) is 13.1 Å². The average Bonchev–Trinajstić information content (AvgIpc) is 2.16. The average molecular weight is 215 g/mol. The second-order valence-corrected chi connectivity index (χ2v) is 5.12. The van der Waals surface area contributed by atoms with E-state index in [0.717, 1.165) is 19.6 Å². The van der Waals surface area contributed by atoms with Gasteiger partial charge in [-0.05, 0) is 26.8 Å². The summed E-state index contributed by atoms with van der Waals surface area (Å²) < 4.78 is 5.77. The molecule has 1 unspecified atom stereocenters. The first kappa shape index (κ1) is 12.9. The van der Waals surface area contributed by atoms with Gasteiger partial charge in [0.1, 0.15) is 0 Å². The molecule has 0 aromatic carbocycles. The standard InChI is InChI=1S/C12H25NO2/c1-4-5-6-7-13-8-11(9-14)15-12(2,3)10-13/h11,14H,4-10H2,1-3H3. The molecule has 1 fully saturated rings. The molecule has 1 atom stereocenters. The monoisotopic (exact) mass is 215 g/mol. The maximum atomic E-state index is 9.16. The van der Waals surface area contributed by atoms with Crippen LogP contribution in [0.15, 0.2) is 0 Å². The highest BCUT2D eigenvalue weighted by Gasteiger charge is 2.32. The topological polar surface area (TPSA) is 32.7 Å². The number of unbranched alkanes of at least 4 members (excludes halogenated alkanes) is 2. The molecule has 0 spiro atoms. The summed E-state index contributed by atoms with van der Waals surface area (Å²) in [5.41, 5.74) is -0.113. The molecular formula is C12H25NO2. The van der Waals surface area contributed by atoms with Gasteiger partial charge in [0.15, 0.2) is 0 Å². The molecule has 1 rings (SSSR count). The number of aliphatic hydroxyl groups excluding tert-OH is 1. The van der Waals surface area contributed by atoms with Crippen molar-refractivity contribution >= 4 is 0 Å². The minimum atomic E-state index is -0.113. The molecule has 1 aliphatic rings. The highest BCUT2D eigenvalue weighted by Crippen LogP contribution is 2.21. The van der Waals surface area contributed by atoms with Gasteiger partial charge in [0.2, 0.25) is 0 Å².